The number of rotatable bonds is 9. The molecule has 32 heavy (non-hydrogen) atoms. The summed E-state index contributed by atoms with van der Waals surface area (Å²) in [6.07, 6.45) is 5.01. The van der Waals surface area contributed by atoms with E-state index in [1.165, 1.54) is 0 Å². The second-order valence-electron chi connectivity index (χ2n) is 8.33. The maximum absolute atomic E-state index is 13.3. The lowest BCUT2D eigenvalue weighted by Gasteiger charge is -2.40. The van der Waals surface area contributed by atoms with Crippen LogP contribution in [0.1, 0.15) is 45.7 Å². The normalized spacial score (nSPS) is 13.9. The van der Waals surface area contributed by atoms with Gasteiger partial charge >= 0.3 is 6.03 Å². The summed E-state index contributed by atoms with van der Waals surface area (Å²) in [6, 6.07) is 19.5. The Morgan fingerprint density at radius 2 is 1.75 bits per heavy atom. The molecule has 2 amide bonds. The third-order valence-electron chi connectivity index (χ3n) is 6.03. The Labute approximate surface area is 197 Å². The lowest BCUT2D eigenvalue weighted by molar-refractivity contribution is 0.240. The SMILES string of the molecule is CCCCCNC(=O)N(c1ccccc1)C(C)C(C)(S)n1cnc(-c2ccccc2)c1C. The minimum Gasteiger partial charge on any atom is -0.338 e. The average molecular weight is 451 g/mol. The van der Waals surface area contributed by atoms with Gasteiger partial charge in [-0.2, -0.15) is 0 Å². The van der Waals surface area contributed by atoms with E-state index in [4.69, 9.17) is 12.6 Å². The summed E-state index contributed by atoms with van der Waals surface area (Å²) < 4.78 is 2.06. The number of hydrogen-bond donors (Lipinski definition) is 2. The van der Waals surface area contributed by atoms with Crippen LogP contribution in [0.15, 0.2) is 67.0 Å². The van der Waals surface area contributed by atoms with Gasteiger partial charge in [0.25, 0.3) is 0 Å². The predicted molar refractivity (Wildman–Crippen MR) is 136 cm³/mol. The standard InChI is InChI=1S/C26H34N4OS/c1-5-6-13-18-27-25(31)30(23-16-11-8-12-17-23)21(3)26(4,32)29-19-28-24(20(29)2)22-14-9-7-10-15-22/h7-12,14-17,19,21,32H,5-6,13,18H2,1-4H3,(H,27,31). The molecule has 1 N–H and O–H groups in total. The number of nitrogens with zero attached hydrogens (tertiary/aromatic N) is 3. The average Bonchev–Trinajstić information content (AvgIpc) is 3.20. The number of anilines is 1. The molecule has 3 aromatic rings. The maximum Gasteiger partial charge on any atom is 0.322 e. The summed E-state index contributed by atoms with van der Waals surface area (Å²) >= 11 is 5.08. The number of imidazole rings is 1. The fraction of sp³-hybridized carbons (Fsp3) is 0.385. The molecule has 0 bridgehead atoms. The summed E-state index contributed by atoms with van der Waals surface area (Å²) in [7, 11) is 0. The first-order chi connectivity index (χ1) is 15.4. The highest BCUT2D eigenvalue weighted by atomic mass is 32.1. The molecule has 0 fully saturated rings. The third-order valence-corrected chi connectivity index (χ3v) is 6.62. The Morgan fingerprint density at radius 1 is 1.12 bits per heavy atom. The van der Waals surface area contributed by atoms with Crippen LogP contribution in [0.4, 0.5) is 10.5 Å². The molecule has 2 atom stereocenters. The molecule has 2 aromatic carbocycles. The first-order valence-electron chi connectivity index (χ1n) is 11.3. The van der Waals surface area contributed by atoms with Crippen molar-refractivity contribution >= 4 is 24.3 Å². The predicted octanol–water partition coefficient (Wildman–Crippen LogP) is 6.26. The zero-order chi connectivity index (χ0) is 23.1. The van der Waals surface area contributed by atoms with Gasteiger partial charge in [-0.15, -0.1) is 12.6 Å². The van der Waals surface area contributed by atoms with E-state index in [-0.39, 0.29) is 12.1 Å². The Hall–Kier alpha value is -2.73. The van der Waals surface area contributed by atoms with Gasteiger partial charge in [0.1, 0.15) is 4.87 Å². The van der Waals surface area contributed by atoms with Gasteiger partial charge in [-0.05, 0) is 39.3 Å². The van der Waals surface area contributed by atoms with Crippen molar-refractivity contribution in [3.63, 3.8) is 0 Å². The van der Waals surface area contributed by atoms with Crippen LogP contribution < -0.4 is 10.2 Å². The van der Waals surface area contributed by atoms with Gasteiger partial charge in [-0.1, -0.05) is 68.3 Å². The summed E-state index contributed by atoms with van der Waals surface area (Å²) in [5.41, 5.74) is 3.84. The highest BCUT2D eigenvalue weighted by Gasteiger charge is 2.38. The number of carbonyl (C=O) groups excluding carboxylic acids is 1. The topological polar surface area (TPSA) is 50.2 Å². The van der Waals surface area contributed by atoms with Gasteiger partial charge in [0.15, 0.2) is 0 Å². The van der Waals surface area contributed by atoms with Gasteiger partial charge in [0.05, 0.1) is 18.1 Å². The van der Waals surface area contributed by atoms with Crippen molar-refractivity contribution < 1.29 is 4.79 Å². The smallest absolute Gasteiger partial charge is 0.322 e. The van der Waals surface area contributed by atoms with Gasteiger partial charge in [0, 0.05) is 23.5 Å². The van der Waals surface area contributed by atoms with Crippen LogP contribution in [0.3, 0.4) is 0 Å². The molecule has 0 saturated heterocycles. The van der Waals surface area contributed by atoms with Gasteiger partial charge in [0.2, 0.25) is 0 Å². The van der Waals surface area contributed by atoms with E-state index in [0.29, 0.717) is 6.54 Å². The van der Waals surface area contributed by atoms with Crippen LogP contribution in [-0.4, -0.2) is 28.2 Å². The van der Waals surface area contributed by atoms with Gasteiger partial charge < -0.3 is 9.88 Å². The first-order valence-corrected chi connectivity index (χ1v) is 11.8. The number of aromatic nitrogens is 2. The molecule has 5 nitrogen and oxygen atoms in total. The van der Waals surface area contributed by atoms with Gasteiger partial charge in [-0.3, -0.25) is 4.90 Å². The van der Waals surface area contributed by atoms with E-state index in [1.807, 2.05) is 75.6 Å². The molecule has 170 valence electrons. The number of thiol groups is 1. The van der Waals surface area contributed by atoms with E-state index >= 15 is 0 Å². The molecule has 6 heteroatoms. The molecular weight excluding hydrogens is 416 g/mol. The van der Waals surface area contributed by atoms with E-state index < -0.39 is 4.87 Å². The second kappa shape index (κ2) is 10.7. The zero-order valence-corrected chi connectivity index (χ0v) is 20.3. The van der Waals surface area contributed by atoms with Crippen molar-refractivity contribution in [2.45, 2.75) is 57.9 Å². The maximum atomic E-state index is 13.3. The molecule has 0 aliphatic rings. The van der Waals surface area contributed by atoms with E-state index in [2.05, 4.69) is 33.9 Å². The number of benzene rings is 2. The van der Waals surface area contributed by atoms with E-state index in [0.717, 1.165) is 41.9 Å². The summed E-state index contributed by atoms with van der Waals surface area (Å²) in [5.74, 6) is 0. The quantitative estimate of drug-likeness (QED) is 0.299. The second-order valence-corrected chi connectivity index (χ2v) is 9.23. The Kier molecular flexibility index (Phi) is 8.02. The molecule has 0 saturated carbocycles. The van der Waals surface area contributed by atoms with Crippen LogP contribution in [0.5, 0.6) is 0 Å². The molecule has 1 heterocycles. The van der Waals surface area contributed by atoms with Crippen molar-refractivity contribution in [3.05, 3.63) is 72.7 Å². The number of carbonyl (C=O) groups is 1. The number of unbranched alkanes of at least 4 members (excludes halogenated alkanes) is 2. The van der Waals surface area contributed by atoms with E-state index in [1.54, 1.807) is 4.90 Å². The van der Waals surface area contributed by atoms with Crippen molar-refractivity contribution in [2.75, 3.05) is 11.4 Å². The highest BCUT2D eigenvalue weighted by molar-refractivity contribution is 7.81. The summed E-state index contributed by atoms with van der Waals surface area (Å²) in [6.45, 7) is 8.93. The molecule has 0 spiro atoms. The molecular formula is C26H34N4OS. The molecule has 2 unspecified atom stereocenters. The minimum atomic E-state index is -0.694. The number of amides is 2. The van der Waals surface area contributed by atoms with Crippen LogP contribution in [0, 0.1) is 6.92 Å². The summed E-state index contributed by atoms with van der Waals surface area (Å²) in [4.78, 5) is 19.1. The Balaban J connectivity index is 1.92. The van der Waals surface area contributed by atoms with Crippen molar-refractivity contribution in [1.82, 2.24) is 14.9 Å². The highest BCUT2D eigenvalue weighted by Crippen LogP contribution is 2.35. The number of urea groups is 1. The molecule has 1 aromatic heterocycles. The van der Waals surface area contributed by atoms with Crippen molar-refractivity contribution in [3.8, 4) is 11.3 Å². The Bertz CT molecular complexity index is 1000. The lowest BCUT2D eigenvalue weighted by atomic mass is 10.1. The number of para-hydroxylation sites is 1. The van der Waals surface area contributed by atoms with Crippen molar-refractivity contribution in [2.24, 2.45) is 0 Å². The summed E-state index contributed by atoms with van der Waals surface area (Å²) in [5, 5.41) is 3.09. The van der Waals surface area contributed by atoms with Crippen molar-refractivity contribution in [1.29, 1.82) is 0 Å². The third kappa shape index (κ3) is 5.18. The Morgan fingerprint density at radius 3 is 2.38 bits per heavy atom. The molecule has 0 aliphatic carbocycles. The van der Waals surface area contributed by atoms with Crippen LogP contribution in [0.25, 0.3) is 11.3 Å². The van der Waals surface area contributed by atoms with Crippen LogP contribution in [-0.2, 0) is 4.87 Å². The fourth-order valence-corrected chi connectivity index (χ4v) is 4.27. The molecule has 0 aliphatic heterocycles. The largest absolute Gasteiger partial charge is 0.338 e. The van der Waals surface area contributed by atoms with Crippen LogP contribution in [0.2, 0.25) is 0 Å². The molecule has 3 rings (SSSR count). The van der Waals surface area contributed by atoms with Gasteiger partial charge in [-0.25, -0.2) is 9.78 Å². The fourth-order valence-electron chi connectivity index (χ4n) is 3.95. The van der Waals surface area contributed by atoms with Crippen LogP contribution >= 0.6 is 12.6 Å². The number of nitrogens with one attached hydrogen (secondary N) is 1. The minimum absolute atomic E-state index is 0.110. The lowest BCUT2D eigenvalue weighted by Crippen LogP contribution is -2.54. The molecule has 0 radical (unpaired) electrons. The van der Waals surface area contributed by atoms with E-state index in [9.17, 15) is 4.79 Å². The number of hydrogen-bond acceptors (Lipinski definition) is 3. The first kappa shape index (κ1) is 23.9. The monoisotopic (exact) mass is 450 g/mol. The zero-order valence-electron chi connectivity index (χ0n) is 19.5.